The smallest absolute Gasteiger partial charge is 0.303 e. The van der Waals surface area contributed by atoms with E-state index in [0.29, 0.717) is 13.2 Å². The molecule has 0 fully saturated rings. The lowest BCUT2D eigenvalue weighted by molar-refractivity contribution is -0.159. The number of carbonyl (C=O) groups excluding carboxylic acids is 2. The first kappa shape index (κ1) is 40.4. The molecule has 0 aliphatic heterocycles. The molecule has 0 rings (SSSR count). The predicted octanol–water partition coefficient (Wildman–Crippen LogP) is 6.47. The van der Waals surface area contributed by atoms with Crippen LogP contribution in [0.25, 0.3) is 0 Å². The van der Waals surface area contributed by atoms with Gasteiger partial charge in [-0.2, -0.15) is 0 Å². The fraction of sp³-hybridized carbons (Fsp3) is 0.812. The quantitative estimate of drug-likeness (QED) is 0.0624. The van der Waals surface area contributed by atoms with Crippen molar-refractivity contribution in [3.05, 3.63) is 25.3 Å². The highest BCUT2D eigenvalue weighted by Crippen LogP contribution is 2.10. The van der Waals surface area contributed by atoms with Crippen LogP contribution in [0.5, 0.6) is 0 Å². The van der Waals surface area contributed by atoms with Crippen molar-refractivity contribution in [1.82, 2.24) is 0 Å². The Kier molecular flexibility index (Phi) is 33.8. The Hall–Kier alpha value is -1.74. The SMILES string of the molecule is C=CCCCCCCCCCOCC(COC(C)=O)OC(C)=O.C=CCCCCCCCCCOCC(O)CO. The van der Waals surface area contributed by atoms with E-state index in [1.54, 1.807) is 0 Å². The highest BCUT2D eigenvalue weighted by Gasteiger charge is 2.14. The van der Waals surface area contributed by atoms with Crippen molar-refractivity contribution >= 4 is 11.9 Å². The van der Waals surface area contributed by atoms with Gasteiger partial charge in [-0.05, 0) is 38.5 Å². The molecular weight excluding hydrogens is 512 g/mol. The molecule has 0 bridgehead atoms. The molecular formula is C32H60O8. The van der Waals surface area contributed by atoms with Crippen molar-refractivity contribution in [2.75, 3.05) is 39.6 Å². The van der Waals surface area contributed by atoms with Gasteiger partial charge in [0.15, 0.2) is 6.10 Å². The second-order valence-electron chi connectivity index (χ2n) is 10.1. The van der Waals surface area contributed by atoms with E-state index in [2.05, 4.69) is 13.2 Å². The minimum absolute atomic E-state index is 0.0413. The van der Waals surface area contributed by atoms with Crippen LogP contribution in [0.1, 0.15) is 117 Å². The minimum atomic E-state index is -0.722. The predicted molar refractivity (Wildman–Crippen MR) is 161 cm³/mol. The van der Waals surface area contributed by atoms with E-state index in [0.717, 1.165) is 32.1 Å². The molecule has 0 saturated heterocycles. The van der Waals surface area contributed by atoms with Crippen LogP contribution in [-0.4, -0.2) is 74.0 Å². The molecule has 0 radical (unpaired) electrons. The van der Waals surface area contributed by atoms with Gasteiger partial charge in [0.2, 0.25) is 0 Å². The van der Waals surface area contributed by atoms with Crippen molar-refractivity contribution < 1.29 is 38.7 Å². The monoisotopic (exact) mass is 572 g/mol. The van der Waals surface area contributed by atoms with Gasteiger partial charge in [-0.1, -0.05) is 76.4 Å². The average Bonchev–Trinajstić information content (AvgIpc) is 2.93. The summed E-state index contributed by atoms with van der Waals surface area (Å²) in [6.07, 6.45) is 22.1. The van der Waals surface area contributed by atoms with Crippen molar-refractivity contribution in [3.63, 3.8) is 0 Å². The molecule has 0 aromatic rings. The third-order valence-electron chi connectivity index (χ3n) is 6.02. The molecule has 0 spiro atoms. The van der Waals surface area contributed by atoms with Gasteiger partial charge < -0.3 is 29.2 Å². The summed E-state index contributed by atoms with van der Waals surface area (Å²) >= 11 is 0. The van der Waals surface area contributed by atoms with E-state index in [9.17, 15) is 9.59 Å². The summed E-state index contributed by atoms with van der Waals surface area (Å²) in [5.74, 6) is -0.794. The van der Waals surface area contributed by atoms with Crippen LogP contribution in [0, 0.1) is 0 Å². The summed E-state index contributed by atoms with van der Waals surface area (Å²) in [4.78, 5) is 21.8. The summed E-state index contributed by atoms with van der Waals surface area (Å²) in [6.45, 7) is 11.7. The lowest BCUT2D eigenvalue weighted by Crippen LogP contribution is -2.28. The normalized spacial score (nSPS) is 12.1. The van der Waals surface area contributed by atoms with E-state index in [-0.39, 0.29) is 26.4 Å². The van der Waals surface area contributed by atoms with Crippen LogP contribution in [0.2, 0.25) is 0 Å². The van der Waals surface area contributed by atoms with Crippen LogP contribution in [0.4, 0.5) is 0 Å². The molecule has 0 aliphatic carbocycles. The standard InChI is InChI=1S/C18H32O5.C14H28O3/c1-4-5-6-7-8-9-10-11-12-13-21-14-18(23-17(3)20)15-22-16(2)19;1-2-3-4-5-6-7-8-9-10-11-17-13-14(16)12-15/h4,18H,1,5-15H2,2-3H3;2,14-16H,1,3-13H2. The topological polar surface area (TPSA) is 112 Å². The Balaban J connectivity index is 0. The molecule has 0 aromatic heterocycles. The summed E-state index contributed by atoms with van der Waals surface area (Å²) in [7, 11) is 0. The zero-order chi connectivity index (χ0) is 30.1. The van der Waals surface area contributed by atoms with E-state index in [1.165, 1.54) is 84.5 Å². The van der Waals surface area contributed by atoms with Gasteiger partial charge >= 0.3 is 11.9 Å². The number of esters is 2. The molecule has 8 nitrogen and oxygen atoms in total. The average molecular weight is 573 g/mol. The van der Waals surface area contributed by atoms with Gasteiger partial charge in [0.25, 0.3) is 0 Å². The highest BCUT2D eigenvalue weighted by molar-refractivity contribution is 5.67. The molecule has 2 N–H and O–H groups in total. The van der Waals surface area contributed by atoms with E-state index >= 15 is 0 Å². The summed E-state index contributed by atoms with van der Waals surface area (Å²) in [5.41, 5.74) is 0. The molecule has 0 aromatic carbocycles. The van der Waals surface area contributed by atoms with Crippen LogP contribution in [0.15, 0.2) is 25.3 Å². The van der Waals surface area contributed by atoms with Crippen molar-refractivity contribution in [3.8, 4) is 0 Å². The molecule has 40 heavy (non-hydrogen) atoms. The second kappa shape index (κ2) is 33.5. The van der Waals surface area contributed by atoms with Gasteiger partial charge in [-0.15, -0.1) is 13.2 Å². The van der Waals surface area contributed by atoms with Crippen molar-refractivity contribution in [2.45, 2.75) is 129 Å². The Bertz CT molecular complexity index is 581. The van der Waals surface area contributed by atoms with Gasteiger partial charge in [0.05, 0.1) is 19.8 Å². The molecule has 2 unspecified atom stereocenters. The van der Waals surface area contributed by atoms with E-state index in [1.807, 2.05) is 12.2 Å². The molecule has 0 aliphatic rings. The van der Waals surface area contributed by atoms with Crippen LogP contribution in [-0.2, 0) is 28.5 Å². The number of carbonyl (C=O) groups is 2. The number of aliphatic hydroxyl groups excluding tert-OH is 2. The summed E-state index contributed by atoms with van der Waals surface area (Å²) in [5, 5.41) is 17.6. The molecule has 0 saturated carbocycles. The third kappa shape index (κ3) is 36.3. The van der Waals surface area contributed by atoms with Crippen molar-refractivity contribution in [2.24, 2.45) is 0 Å². The largest absolute Gasteiger partial charge is 0.462 e. The maximum Gasteiger partial charge on any atom is 0.303 e. The molecule has 2 atom stereocenters. The number of rotatable bonds is 28. The first-order valence-electron chi connectivity index (χ1n) is 15.3. The Morgan fingerprint density at radius 2 is 1.07 bits per heavy atom. The number of hydrogen-bond acceptors (Lipinski definition) is 8. The Morgan fingerprint density at radius 3 is 1.48 bits per heavy atom. The summed E-state index contributed by atoms with van der Waals surface area (Å²) < 4.78 is 20.6. The van der Waals surface area contributed by atoms with Crippen LogP contribution in [0.3, 0.4) is 0 Å². The Labute approximate surface area is 244 Å². The number of unbranched alkanes of at least 4 members (excludes halogenated alkanes) is 14. The van der Waals surface area contributed by atoms with Gasteiger partial charge in [-0.25, -0.2) is 0 Å². The molecule has 0 heterocycles. The lowest BCUT2D eigenvalue weighted by Gasteiger charge is -2.16. The fourth-order valence-corrected chi connectivity index (χ4v) is 3.80. The van der Waals surface area contributed by atoms with Crippen LogP contribution < -0.4 is 0 Å². The molecule has 0 amide bonds. The lowest BCUT2D eigenvalue weighted by atomic mass is 10.1. The zero-order valence-corrected chi connectivity index (χ0v) is 25.6. The molecule has 236 valence electrons. The number of allylic oxidation sites excluding steroid dienone is 2. The number of ether oxygens (including phenoxy) is 4. The maximum atomic E-state index is 11.0. The maximum absolute atomic E-state index is 11.0. The van der Waals surface area contributed by atoms with E-state index < -0.39 is 24.1 Å². The number of aliphatic hydroxyl groups is 2. The fourth-order valence-electron chi connectivity index (χ4n) is 3.80. The Morgan fingerprint density at radius 1 is 0.650 bits per heavy atom. The number of hydrogen-bond donors (Lipinski definition) is 2. The first-order valence-corrected chi connectivity index (χ1v) is 15.3. The van der Waals surface area contributed by atoms with Gasteiger partial charge in [-0.3, -0.25) is 9.59 Å². The highest BCUT2D eigenvalue weighted by atomic mass is 16.6. The van der Waals surface area contributed by atoms with Crippen LogP contribution >= 0.6 is 0 Å². The molecule has 8 heteroatoms. The second-order valence-corrected chi connectivity index (χ2v) is 10.1. The third-order valence-corrected chi connectivity index (χ3v) is 6.02. The first-order chi connectivity index (χ1) is 19.4. The minimum Gasteiger partial charge on any atom is -0.462 e. The van der Waals surface area contributed by atoms with Gasteiger partial charge in [0.1, 0.15) is 12.7 Å². The summed E-state index contributed by atoms with van der Waals surface area (Å²) in [6, 6.07) is 0. The zero-order valence-electron chi connectivity index (χ0n) is 25.6. The van der Waals surface area contributed by atoms with E-state index in [4.69, 9.17) is 29.2 Å². The van der Waals surface area contributed by atoms with Crippen molar-refractivity contribution in [1.29, 1.82) is 0 Å². The van der Waals surface area contributed by atoms with Gasteiger partial charge in [0, 0.05) is 27.1 Å².